The Balaban J connectivity index is 2.55. The zero-order valence-electron chi connectivity index (χ0n) is 7.37. The van der Waals surface area contributed by atoms with Gasteiger partial charge in [-0.25, -0.2) is 0 Å². The molecule has 1 aromatic rings. The van der Waals surface area contributed by atoms with E-state index in [-0.39, 0.29) is 12.5 Å². The van der Waals surface area contributed by atoms with Crippen LogP contribution in [-0.2, 0) is 16.6 Å². The second kappa shape index (κ2) is 4.27. The van der Waals surface area contributed by atoms with Crippen molar-refractivity contribution < 1.29 is 9.53 Å². The van der Waals surface area contributed by atoms with Crippen LogP contribution in [0, 0.1) is 0 Å². The molecule has 0 spiro atoms. The molecule has 72 valence electrons. The quantitative estimate of drug-likeness (QED) is 0.802. The van der Waals surface area contributed by atoms with Gasteiger partial charge in [-0.2, -0.15) is 5.10 Å². The van der Waals surface area contributed by atoms with Gasteiger partial charge in [-0.3, -0.25) is 9.48 Å². The second-order valence-electron chi connectivity index (χ2n) is 2.40. The van der Waals surface area contributed by atoms with Crippen LogP contribution in [-0.4, -0.2) is 29.4 Å². The van der Waals surface area contributed by atoms with Crippen LogP contribution < -0.4 is 5.32 Å². The smallest absolute Gasteiger partial charge is 0.325 e. The van der Waals surface area contributed by atoms with E-state index in [4.69, 9.17) is 0 Å². The summed E-state index contributed by atoms with van der Waals surface area (Å²) >= 11 is 3.31. The Kier molecular flexibility index (Phi) is 3.30. The molecular weight excluding hydrogens is 238 g/mol. The Hall–Kier alpha value is -1.04. The molecule has 0 bridgehead atoms. The molecule has 0 fully saturated rings. The summed E-state index contributed by atoms with van der Waals surface area (Å²) in [6.45, 7) is 0.140. The summed E-state index contributed by atoms with van der Waals surface area (Å²) in [5.74, 6) is -0.309. The van der Waals surface area contributed by atoms with Crippen LogP contribution in [0.4, 0.5) is 5.69 Å². The Labute approximate surface area is 84.2 Å². The van der Waals surface area contributed by atoms with Crippen molar-refractivity contribution in [2.24, 2.45) is 7.05 Å². The van der Waals surface area contributed by atoms with Gasteiger partial charge in [0.2, 0.25) is 0 Å². The van der Waals surface area contributed by atoms with Gasteiger partial charge in [0.15, 0.2) is 0 Å². The van der Waals surface area contributed by atoms with E-state index in [2.05, 4.69) is 31.1 Å². The molecular formula is C7H10BrN3O2. The lowest BCUT2D eigenvalue weighted by molar-refractivity contribution is -0.138. The molecule has 1 rings (SSSR count). The van der Waals surface area contributed by atoms with Crippen molar-refractivity contribution in [2.75, 3.05) is 19.0 Å². The number of aryl methyl sites for hydroxylation is 1. The van der Waals surface area contributed by atoms with Gasteiger partial charge in [0, 0.05) is 7.05 Å². The van der Waals surface area contributed by atoms with Crippen LogP contribution in [0.25, 0.3) is 0 Å². The summed E-state index contributed by atoms with van der Waals surface area (Å²) < 4.78 is 6.93. The average molecular weight is 248 g/mol. The Morgan fingerprint density at radius 1 is 1.85 bits per heavy atom. The highest BCUT2D eigenvalue weighted by molar-refractivity contribution is 9.10. The molecule has 0 aliphatic rings. The summed E-state index contributed by atoms with van der Waals surface area (Å²) in [6, 6.07) is 0. The highest BCUT2D eigenvalue weighted by Crippen LogP contribution is 2.19. The molecule has 6 heteroatoms. The third kappa shape index (κ3) is 2.45. The van der Waals surface area contributed by atoms with E-state index in [1.807, 2.05) is 0 Å². The third-order valence-corrected chi connectivity index (χ3v) is 2.46. The highest BCUT2D eigenvalue weighted by atomic mass is 79.9. The number of hydrogen-bond donors (Lipinski definition) is 1. The van der Waals surface area contributed by atoms with Crippen LogP contribution >= 0.6 is 15.9 Å². The maximum Gasteiger partial charge on any atom is 0.325 e. The minimum atomic E-state index is -0.309. The normalized spacial score (nSPS) is 9.77. The molecule has 5 nitrogen and oxygen atoms in total. The van der Waals surface area contributed by atoms with Crippen molar-refractivity contribution in [2.45, 2.75) is 0 Å². The fourth-order valence-electron chi connectivity index (χ4n) is 0.781. The van der Waals surface area contributed by atoms with Gasteiger partial charge in [0.05, 0.1) is 19.0 Å². The molecule has 13 heavy (non-hydrogen) atoms. The number of rotatable bonds is 3. The van der Waals surface area contributed by atoms with Crippen molar-refractivity contribution in [3.8, 4) is 0 Å². The van der Waals surface area contributed by atoms with Crippen molar-refractivity contribution in [3.05, 3.63) is 10.8 Å². The Morgan fingerprint density at radius 3 is 3.00 bits per heavy atom. The van der Waals surface area contributed by atoms with E-state index >= 15 is 0 Å². The molecule has 0 atom stereocenters. The molecule has 0 unspecified atom stereocenters. The average Bonchev–Trinajstić information content (AvgIpc) is 2.44. The fraction of sp³-hybridized carbons (Fsp3) is 0.429. The lowest BCUT2D eigenvalue weighted by Gasteiger charge is -2.02. The van der Waals surface area contributed by atoms with E-state index in [0.29, 0.717) is 0 Å². The van der Waals surface area contributed by atoms with E-state index < -0.39 is 0 Å². The van der Waals surface area contributed by atoms with Crippen molar-refractivity contribution in [1.29, 1.82) is 0 Å². The van der Waals surface area contributed by atoms with Crippen LogP contribution in [0.2, 0.25) is 0 Å². The summed E-state index contributed by atoms with van der Waals surface area (Å²) in [7, 11) is 3.15. The number of esters is 1. The molecule has 0 aromatic carbocycles. The Bertz CT molecular complexity index is 311. The van der Waals surface area contributed by atoms with Crippen molar-refractivity contribution >= 4 is 27.6 Å². The lowest BCUT2D eigenvalue weighted by atomic mass is 10.5. The van der Waals surface area contributed by atoms with Gasteiger partial charge in [-0.15, -0.1) is 0 Å². The highest BCUT2D eigenvalue weighted by Gasteiger charge is 2.06. The predicted molar refractivity (Wildman–Crippen MR) is 51.4 cm³/mol. The van der Waals surface area contributed by atoms with Gasteiger partial charge < -0.3 is 10.1 Å². The first-order valence-corrected chi connectivity index (χ1v) is 4.42. The maximum absolute atomic E-state index is 10.8. The molecule has 0 saturated carbocycles. The zero-order chi connectivity index (χ0) is 9.84. The first-order valence-electron chi connectivity index (χ1n) is 3.63. The lowest BCUT2D eigenvalue weighted by Crippen LogP contribution is -2.14. The van der Waals surface area contributed by atoms with Gasteiger partial charge in [-0.05, 0) is 15.9 Å². The molecule has 0 aliphatic carbocycles. The van der Waals surface area contributed by atoms with Crippen LogP contribution in [0.3, 0.4) is 0 Å². The molecule has 0 aliphatic heterocycles. The molecule has 0 saturated heterocycles. The number of anilines is 1. The van der Waals surface area contributed by atoms with E-state index in [9.17, 15) is 4.79 Å². The van der Waals surface area contributed by atoms with Crippen LogP contribution in [0.1, 0.15) is 0 Å². The minimum Gasteiger partial charge on any atom is -0.468 e. The summed E-state index contributed by atoms with van der Waals surface area (Å²) in [6.07, 6.45) is 1.63. The monoisotopic (exact) mass is 247 g/mol. The second-order valence-corrected chi connectivity index (χ2v) is 3.15. The largest absolute Gasteiger partial charge is 0.468 e. The number of halogens is 1. The van der Waals surface area contributed by atoms with Gasteiger partial charge in [0.25, 0.3) is 0 Å². The number of aromatic nitrogens is 2. The molecule has 1 heterocycles. The topological polar surface area (TPSA) is 56.1 Å². The minimum absolute atomic E-state index is 0.140. The molecule has 0 amide bonds. The van der Waals surface area contributed by atoms with E-state index in [0.717, 1.165) is 10.3 Å². The first kappa shape index (κ1) is 10.0. The predicted octanol–water partition coefficient (Wildman–Crippen LogP) is 0.767. The molecule has 0 radical (unpaired) electrons. The fourth-order valence-corrected chi connectivity index (χ4v) is 1.11. The van der Waals surface area contributed by atoms with E-state index in [1.54, 1.807) is 17.9 Å². The Morgan fingerprint density at radius 2 is 2.54 bits per heavy atom. The number of carbonyl (C=O) groups excluding carboxylic acids is 1. The van der Waals surface area contributed by atoms with Crippen molar-refractivity contribution in [3.63, 3.8) is 0 Å². The number of carbonyl (C=O) groups is 1. The third-order valence-electron chi connectivity index (χ3n) is 1.52. The standard InChI is InChI=1S/C7H10BrN3O2/c1-11-7(8)5(3-10-11)9-4-6(12)13-2/h3,9H,4H2,1-2H3. The summed E-state index contributed by atoms with van der Waals surface area (Å²) in [5, 5.41) is 6.85. The molecule has 1 aromatic heterocycles. The number of nitrogens with one attached hydrogen (secondary N) is 1. The number of ether oxygens (including phenoxy) is 1. The van der Waals surface area contributed by atoms with Gasteiger partial charge in [-0.1, -0.05) is 0 Å². The van der Waals surface area contributed by atoms with Crippen LogP contribution in [0.15, 0.2) is 10.8 Å². The zero-order valence-corrected chi connectivity index (χ0v) is 8.96. The number of nitrogens with zero attached hydrogens (tertiary/aromatic N) is 2. The SMILES string of the molecule is COC(=O)CNc1cnn(C)c1Br. The summed E-state index contributed by atoms with van der Waals surface area (Å²) in [5.41, 5.74) is 0.771. The number of hydrogen-bond acceptors (Lipinski definition) is 4. The number of methoxy groups -OCH3 is 1. The van der Waals surface area contributed by atoms with Crippen LogP contribution in [0.5, 0.6) is 0 Å². The maximum atomic E-state index is 10.8. The van der Waals surface area contributed by atoms with E-state index in [1.165, 1.54) is 7.11 Å². The summed E-state index contributed by atoms with van der Waals surface area (Å²) in [4.78, 5) is 10.8. The van der Waals surface area contributed by atoms with Gasteiger partial charge in [0.1, 0.15) is 11.1 Å². The molecule has 1 N–H and O–H groups in total. The first-order chi connectivity index (χ1) is 6.15. The van der Waals surface area contributed by atoms with Crippen molar-refractivity contribution in [1.82, 2.24) is 9.78 Å². The van der Waals surface area contributed by atoms with Gasteiger partial charge >= 0.3 is 5.97 Å².